The Bertz CT molecular complexity index is 235. The second-order valence-electron chi connectivity index (χ2n) is 2.32. The largest absolute Gasteiger partial charge is 0.411 e. The van der Waals surface area contributed by atoms with Crippen LogP contribution >= 0.6 is 0 Å². The van der Waals surface area contributed by atoms with Gasteiger partial charge in [-0.3, -0.25) is 10.1 Å². The molecule has 0 bridgehead atoms. The highest BCUT2D eigenvalue weighted by atomic mass is 19.4. The molecule has 0 radical (unpaired) electrons. The van der Waals surface area contributed by atoms with Crippen LogP contribution < -0.4 is 11.1 Å². The minimum Gasteiger partial charge on any atom is -0.370 e. The molecule has 1 unspecified atom stereocenters. The Labute approximate surface area is 65.6 Å². The molecular formula is C5H6F3N3O. The Morgan fingerprint density at radius 2 is 2.17 bits per heavy atom. The fraction of sp³-hybridized carbons (Fsp3) is 0.600. The predicted octanol–water partition coefficient (Wildman–Crippen LogP) is -0.248. The molecule has 0 aliphatic carbocycles. The summed E-state index contributed by atoms with van der Waals surface area (Å²) in [5.74, 6) is -1.24. The number of hydrogen-bond acceptors (Lipinski definition) is 3. The lowest BCUT2D eigenvalue weighted by atomic mass is 10.2. The lowest BCUT2D eigenvalue weighted by molar-refractivity contribution is -0.155. The summed E-state index contributed by atoms with van der Waals surface area (Å²) in [5, 5.41) is 1.97. The topological polar surface area (TPSA) is 67.5 Å². The van der Waals surface area contributed by atoms with Crippen LogP contribution in [0.3, 0.4) is 0 Å². The molecule has 1 amide bonds. The van der Waals surface area contributed by atoms with Gasteiger partial charge in [0.05, 0.1) is 6.42 Å². The molecule has 12 heavy (non-hydrogen) atoms. The Balaban J connectivity index is 2.80. The van der Waals surface area contributed by atoms with Crippen LogP contribution in [0.1, 0.15) is 6.42 Å². The van der Waals surface area contributed by atoms with Gasteiger partial charge in [-0.1, -0.05) is 0 Å². The van der Waals surface area contributed by atoms with E-state index in [1.165, 1.54) is 0 Å². The third-order valence-electron chi connectivity index (χ3n) is 1.32. The van der Waals surface area contributed by atoms with E-state index in [1.807, 2.05) is 5.32 Å². The van der Waals surface area contributed by atoms with E-state index in [0.717, 1.165) is 0 Å². The molecule has 1 rings (SSSR count). The highest BCUT2D eigenvalue weighted by molar-refractivity contribution is 5.98. The zero-order chi connectivity index (χ0) is 9.35. The van der Waals surface area contributed by atoms with Gasteiger partial charge in [0.25, 0.3) is 0 Å². The molecule has 0 spiro atoms. The summed E-state index contributed by atoms with van der Waals surface area (Å²) in [7, 11) is 0. The van der Waals surface area contributed by atoms with Crippen molar-refractivity contribution < 1.29 is 18.0 Å². The van der Waals surface area contributed by atoms with Crippen LogP contribution in [0.25, 0.3) is 0 Å². The van der Waals surface area contributed by atoms with E-state index in [4.69, 9.17) is 5.73 Å². The van der Waals surface area contributed by atoms with Crippen LogP contribution in [0, 0.1) is 0 Å². The van der Waals surface area contributed by atoms with Crippen molar-refractivity contribution in [2.24, 2.45) is 10.7 Å². The molecule has 0 saturated carbocycles. The molecule has 1 heterocycles. The summed E-state index contributed by atoms with van der Waals surface area (Å²) in [4.78, 5) is 13.6. The van der Waals surface area contributed by atoms with Crippen molar-refractivity contribution in [2.45, 2.75) is 18.6 Å². The number of rotatable bonds is 0. The summed E-state index contributed by atoms with van der Waals surface area (Å²) in [6.45, 7) is 0. The van der Waals surface area contributed by atoms with Gasteiger partial charge in [0.15, 0.2) is 12.0 Å². The molecule has 3 N–H and O–H groups in total. The van der Waals surface area contributed by atoms with Crippen molar-refractivity contribution in [3.05, 3.63) is 0 Å². The number of nitrogens with two attached hydrogens (primary N) is 1. The third kappa shape index (κ3) is 1.86. The van der Waals surface area contributed by atoms with Gasteiger partial charge in [-0.25, -0.2) is 4.99 Å². The fourth-order valence-corrected chi connectivity index (χ4v) is 0.804. The maximum absolute atomic E-state index is 11.9. The van der Waals surface area contributed by atoms with E-state index < -0.39 is 30.5 Å². The number of alkyl halides is 3. The predicted molar refractivity (Wildman–Crippen MR) is 34.2 cm³/mol. The van der Waals surface area contributed by atoms with E-state index >= 15 is 0 Å². The van der Waals surface area contributed by atoms with E-state index in [9.17, 15) is 18.0 Å². The number of nitrogens with one attached hydrogen (secondary N) is 1. The van der Waals surface area contributed by atoms with Gasteiger partial charge in [0.2, 0.25) is 5.91 Å². The molecule has 4 nitrogen and oxygen atoms in total. The lowest BCUT2D eigenvalue weighted by Crippen LogP contribution is -2.47. The molecule has 1 aliphatic rings. The average molecular weight is 181 g/mol. The normalized spacial score (nSPS) is 24.8. The summed E-state index contributed by atoms with van der Waals surface area (Å²) in [5.41, 5.74) is 4.93. The summed E-state index contributed by atoms with van der Waals surface area (Å²) < 4.78 is 35.8. The van der Waals surface area contributed by atoms with E-state index in [-0.39, 0.29) is 0 Å². The fourth-order valence-electron chi connectivity index (χ4n) is 0.804. The Morgan fingerprint density at radius 1 is 1.58 bits per heavy atom. The Hall–Kier alpha value is -1.27. The maximum Gasteiger partial charge on any atom is 0.411 e. The number of hydrogen-bond donors (Lipinski definition) is 2. The first kappa shape index (κ1) is 8.82. The van der Waals surface area contributed by atoms with Gasteiger partial charge in [-0.05, 0) is 0 Å². The van der Waals surface area contributed by atoms with Gasteiger partial charge in [-0.15, -0.1) is 0 Å². The van der Waals surface area contributed by atoms with Crippen LogP contribution in [-0.2, 0) is 4.79 Å². The molecule has 7 heteroatoms. The average Bonchev–Trinajstić information content (AvgIpc) is 1.82. The monoisotopic (exact) mass is 181 g/mol. The van der Waals surface area contributed by atoms with Crippen molar-refractivity contribution in [1.82, 2.24) is 5.32 Å². The number of halogens is 3. The van der Waals surface area contributed by atoms with Crippen LogP contribution in [0.5, 0.6) is 0 Å². The number of aliphatic imine (C=N–C) groups is 1. The second kappa shape index (κ2) is 2.65. The second-order valence-corrected chi connectivity index (χ2v) is 2.32. The third-order valence-corrected chi connectivity index (χ3v) is 1.32. The zero-order valence-electron chi connectivity index (χ0n) is 5.85. The smallest absolute Gasteiger partial charge is 0.370 e. The van der Waals surface area contributed by atoms with E-state index in [2.05, 4.69) is 4.99 Å². The Morgan fingerprint density at radius 3 is 2.58 bits per heavy atom. The lowest BCUT2D eigenvalue weighted by Gasteiger charge is -2.20. The number of amides is 1. The standard InChI is InChI=1S/C5H6F3N3O/c6-5(7,8)2-1-3(12)11-4(9)10-2/h2H,1H2,(H3,9,10,11,12). The van der Waals surface area contributed by atoms with Crippen molar-refractivity contribution in [3.8, 4) is 0 Å². The number of nitrogens with zero attached hydrogens (tertiary/aromatic N) is 1. The minimum absolute atomic E-state index is 0.478. The first-order valence-electron chi connectivity index (χ1n) is 3.09. The van der Waals surface area contributed by atoms with Crippen molar-refractivity contribution >= 4 is 11.9 Å². The van der Waals surface area contributed by atoms with Gasteiger partial charge in [-0.2, -0.15) is 13.2 Å². The van der Waals surface area contributed by atoms with Gasteiger partial charge >= 0.3 is 6.18 Å². The minimum atomic E-state index is -4.50. The molecule has 0 fully saturated rings. The summed E-state index contributed by atoms with van der Waals surface area (Å²) in [6.07, 6.45) is -5.19. The van der Waals surface area contributed by atoms with Crippen LogP contribution in [0.4, 0.5) is 13.2 Å². The van der Waals surface area contributed by atoms with E-state index in [0.29, 0.717) is 0 Å². The van der Waals surface area contributed by atoms with Crippen LogP contribution in [0.2, 0.25) is 0 Å². The van der Waals surface area contributed by atoms with Crippen molar-refractivity contribution in [2.75, 3.05) is 0 Å². The summed E-state index contributed by atoms with van der Waals surface area (Å²) in [6, 6.07) is -1.99. The molecule has 0 saturated heterocycles. The van der Waals surface area contributed by atoms with E-state index in [1.54, 1.807) is 0 Å². The van der Waals surface area contributed by atoms with Gasteiger partial charge in [0.1, 0.15) is 0 Å². The molecule has 1 atom stereocenters. The molecule has 0 aromatic carbocycles. The molecule has 0 aromatic rings. The number of carbonyl (C=O) groups excluding carboxylic acids is 1. The maximum atomic E-state index is 11.9. The molecule has 1 aliphatic heterocycles. The zero-order valence-corrected chi connectivity index (χ0v) is 5.85. The number of carbonyl (C=O) groups is 1. The molecular weight excluding hydrogens is 175 g/mol. The van der Waals surface area contributed by atoms with Crippen LogP contribution in [-0.4, -0.2) is 24.1 Å². The van der Waals surface area contributed by atoms with Crippen molar-refractivity contribution in [3.63, 3.8) is 0 Å². The van der Waals surface area contributed by atoms with Crippen molar-refractivity contribution in [1.29, 1.82) is 0 Å². The summed E-state index contributed by atoms with van der Waals surface area (Å²) >= 11 is 0. The SMILES string of the molecule is NC1=NC(C(F)(F)F)CC(=O)N1. The quantitative estimate of drug-likeness (QED) is 0.541. The van der Waals surface area contributed by atoms with Crippen LogP contribution in [0.15, 0.2) is 4.99 Å². The number of guanidine groups is 1. The first-order valence-corrected chi connectivity index (χ1v) is 3.09. The Kier molecular flexibility index (Phi) is 1.95. The van der Waals surface area contributed by atoms with Gasteiger partial charge < -0.3 is 5.73 Å². The highest BCUT2D eigenvalue weighted by Crippen LogP contribution is 2.26. The highest BCUT2D eigenvalue weighted by Gasteiger charge is 2.42. The van der Waals surface area contributed by atoms with Gasteiger partial charge in [0, 0.05) is 0 Å². The molecule has 68 valence electrons. The first-order chi connectivity index (χ1) is 5.39. The molecule has 0 aromatic heterocycles.